The second-order valence-electron chi connectivity index (χ2n) is 5.65. The number of aromatic nitrogens is 1. The molecule has 0 unspecified atom stereocenters. The van der Waals surface area contributed by atoms with Gasteiger partial charge in [0.1, 0.15) is 12.4 Å². The summed E-state index contributed by atoms with van der Waals surface area (Å²) in [4.78, 5) is 27.6. The fraction of sp³-hybridized carbons (Fsp3) is 0.278. The molecule has 2 aromatic rings. The molecular weight excluding hydrogens is 292 g/mol. The summed E-state index contributed by atoms with van der Waals surface area (Å²) in [6, 6.07) is 10.7. The van der Waals surface area contributed by atoms with Gasteiger partial charge in [0.2, 0.25) is 5.78 Å². The molecule has 120 valence electrons. The summed E-state index contributed by atoms with van der Waals surface area (Å²) in [5.41, 5.74) is 1.49. The largest absolute Gasteiger partial charge is 0.489 e. The van der Waals surface area contributed by atoms with E-state index in [0.29, 0.717) is 18.0 Å². The Bertz CT molecular complexity index is 669. The van der Waals surface area contributed by atoms with Crippen LogP contribution in [0, 0.1) is 5.92 Å². The smallest absolute Gasteiger partial charge is 0.291 e. The normalized spacial score (nSPS) is 10.4. The number of carbonyl (C=O) groups is 2. The van der Waals surface area contributed by atoms with Crippen LogP contribution in [0.5, 0.6) is 5.75 Å². The molecule has 0 aliphatic heterocycles. The molecule has 0 saturated heterocycles. The molecule has 0 fully saturated rings. The predicted octanol–water partition coefficient (Wildman–Crippen LogP) is 3.21. The fourth-order valence-corrected chi connectivity index (χ4v) is 1.98. The number of amides is 1. The maximum Gasteiger partial charge on any atom is 0.291 e. The molecule has 0 atom stereocenters. The van der Waals surface area contributed by atoms with Gasteiger partial charge >= 0.3 is 0 Å². The number of benzene rings is 1. The van der Waals surface area contributed by atoms with Gasteiger partial charge in [0.15, 0.2) is 0 Å². The fourth-order valence-electron chi connectivity index (χ4n) is 1.98. The molecule has 0 saturated carbocycles. The number of hydrogen-bond donors (Lipinski definition) is 1. The lowest BCUT2D eigenvalue weighted by atomic mass is 10.1. The van der Waals surface area contributed by atoms with E-state index in [2.05, 4.69) is 10.3 Å². The summed E-state index contributed by atoms with van der Waals surface area (Å²) in [5, 5.41) is 2.60. The minimum absolute atomic E-state index is 0.155. The molecule has 1 heterocycles. The van der Waals surface area contributed by atoms with Crippen LogP contribution in [-0.2, 0) is 16.2 Å². The van der Waals surface area contributed by atoms with Crippen LogP contribution in [0.25, 0.3) is 0 Å². The lowest BCUT2D eigenvalue weighted by Gasteiger charge is -2.09. The molecule has 0 aliphatic rings. The van der Waals surface area contributed by atoms with Crippen LogP contribution in [0.1, 0.15) is 25.8 Å². The second-order valence-corrected chi connectivity index (χ2v) is 5.65. The number of Topliss-reactive ketones (excluding diaryl/α,β-unsaturated/α-hetero) is 1. The molecule has 1 aromatic carbocycles. The van der Waals surface area contributed by atoms with E-state index in [1.54, 1.807) is 36.7 Å². The van der Waals surface area contributed by atoms with Crippen LogP contribution in [0.15, 0.2) is 48.8 Å². The quantitative estimate of drug-likeness (QED) is 0.797. The number of ketones is 1. The van der Waals surface area contributed by atoms with E-state index in [9.17, 15) is 9.59 Å². The number of hydrogen-bond acceptors (Lipinski definition) is 4. The number of nitrogens with zero attached hydrogens (tertiary/aromatic N) is 1. The Labute approximate surface area is 135 Å². The first-order valence-corrected chi connectivity index (χ1v) is 7.50. The van der Waals surface area contributed by atoms with Gasteiger partial charge in [-0.25, -0.2) is 0 Å². The first kappa shape index (κ1) is 16.7. The molecule has 1 N–H and O–H groups in total. The van der Waals surface area contributed by atoms with Gasteiger partial charge < -0.3 is 10.1 Å². The van der Waals surface area contributed by atoms with E-state index < -0.39 is 11.7 Å². The molecule has 0 aliphatic carbocycles. The van der Waals surface area contributed by atoms with E-state index in [1.165, 1.54) is 0 Å². The lowest BCUT2D eigenvalue weighted by Crippen LogP contribution is -2.23. The molecular formula is C18H20N2O3. The summed E-state index contributed by atoms with van der Waals surface area (Å²) >= 11 is 0. The number of ether oxygens (including phenoxy) is 1. The predicted molar refractivity (Wildman–Crippen MR) is 88.1 cm³/mol. The Kier molecular flexibility index (Phi) is 5.86. The van der Waals surface area contributed by atoms with Crippen molar-refractivity contribution in [3.8, 4) is 5.75 Å². The SMILES string of the molecule is CC(C)CC(=O)C(=O)Nc1cccc(OCc2cccnc2)c1. The van der Waals surface area contributed by atoms with Crippen LogP contribution in [0.2, 0.25) is 0 Å². The van der Waals surface area contributed by atoms with Crippen molar-refractivity contribution in [1.29, 1.82) is 0 Å². The third kappa shape index (κ3) is 5.54. The Morgan fingerprint density at radius 1 is 1.22 bits per heavy atom. The lowest BCUT2D eigenvalue weighted by molar-refractivity contribution is -0.135. The topological polar surface area (TPSA) is 68.3 Å². The second kappa shape index (κ2) is 8.08. The van der Waals surface area contributed by atoms with Crippen molar-refractivity contribution in [2.45, 2.75) is 26.9 Å². The van der Waals surface area contributed by atoms with Crippen molar-refractivity contribution >= 4 is 17.4 Å². The molecule has 1 amide bonds. The van der Waals surface area contributed by atoms with Crippen molar-refractivity contribution in [1.82, 2.24) is 4.98 Å². The zero-order valence-corrected chi connectivity index (χ0v) is 13.3. The van der Waals surface area contributed by atoms with Crippen molar-refractivity contribution in [3.63, 3.8) is 0 Å². The summed E-state index contributed by atoms with van der Waals surface area (Å²) in [5.74, 6) is -0.241. The van der Waals surface area contributed by atoms with Crippen molar-refractivity contribution in [2.24, 2.45) is 5.92 Å². The van der Waals surface area contributed by atoms with Crippen LogP contribution < -0.4 is 10.1 Å². The standard InChI is InChI=1S/C18H20N2O3/c1-13(2)9-17(21)18(22)20-15-6-3-7-16(10-15)23-12-14-5-4-8-19-11-14/h3-8,10-11,13H,9,12H2,1-2H3,(H,20,22). The molecule has 5 nitrogen and oxygen atoms in total. The molecule has 2 rings (SSSR count). The summed E-state index contributed by atoms with van der Waals surface area (Å²) in [6.45, 7) is 4.19. The van der Waals surface area contributed by atoms with Crippen LogP contribution in [0.4, 0.5) is 5.69 Å². The Morgan fingerprint density at radius 3 is 2.74 bits per heavy atom. The van der Waals surface area contributed by atoms with Crippen LogP contribution in [-0.4, -0.2) is 16.7 Å². The van der Waals surface area contributed by atoms with Gasteiger partial charge in [-0.2, -0.15) is 0 Å². The Morgan fingerprint density at radius 2 is 2.04 bits per heavy atom. The van der Waals surface area contributed by atoms with E-state index in [0.717, 1.165) is 5.56 Å². The molecule has 0 radical (unpaired) electrons. The van der Waals surface area contributed by atoms with Crippen LogP contribution >= 0.6 is 0 Å². The maximum atomic E-state index is 11.8. The number of rotatable bonds is 7. The third-order valence-electron chi connectivity index (χ3n) is 3.07. The molecule has 0 spiro atoms. The summed E-state index contributed by atoms with van der Waals surface area (Å²) in [7, 11) is 0. The highest BCUT2D eigenvalue weighted by Gasteiger charge is 2.15. The van der Waals surface area contributed by atoms with Gasteiger partial charge in [-0.3, -0.25) is 14.6 Å². The highest BCUT2D eigenvalue weighted by molar-refractivity contribution is 6.40. The average Bonchev–Trinajstić information content (AvgIpc) is 2.53. The monoisotopic (exact) mass is 312 g/mol. The van der Waals surface area contributed by atoms with Gasteiger partial charge in [0.25, 0.3) is 5.91 Å². The number of carbonyl (C=O) groups excluding carboxylic acids is 2. The number of nitrogens with one attached hydrogen (secondary N) is 1. The minimum Gasteiger partial charge on any atom is -0.489 e. The third-order valence-corrected chi connectivity index (χ3v) is 3.07. The zero-order valence-electron chi connectivity index (χ0n) is 13.3. The van der Waals surface area contributed by atoms with Gasteiger partial charge in [-0.15, -0.1) is 0 Å². The Balaban J connectivity index is 1.94. The maximum absolute atomic E-state index is 11.8. The van der Waals surface area contributed by atoms with E-state index in [1.807, 2.05) is 26.0 Å². The van der Waals surface area contributed by atoms with Crippen LogP contribution in [0.3, 0.4) is 0 Å². The summed E-state index contributed by atoms with van der Waals surface area (Å²) in [6.07, 6.45) is 3.67. The van der Waals surface area contributed by atoms with Gasteiger partial charge in [0.05, 0.1) is 0 Å². The van der Waals surface area contributed by atoms with E-state index in [4.69, 9.17) is 4.74 Å². The molecule has 0 bridgehead atoms. The van der Waals surface area contributed by atoms with Gasteiger partial charge in [-0.05, 0) is 24.1 Å². The first-order chi connectivity index (χ1) is 11.0. The van der Waals surface area contributed by atoms with Crippen molar-refractivity contribution in [3.05, 3.63) is 54.4 Å². The van der Waals surface area contributed by atoms with Gasteiger partial charge in [0, 0.05) is 36.1 Å². The molecule has 23 heavy (non-hydrogen) atoms. The molecule has 5 heteroatoms. The van der Waals surface area contributed by atoms with Crippen molar-refractivity contribution < 1.29 is 14.3 Å². The number of anilines is 1. The molecule has 1 aromatic heterocycles. The highest BCUT2D eigenvalue weighted by Crippen LogP contribution is 2.18. The highest BCUT2D eigenvalue weighted by atomic mass is 16.5. The Hall–Kier alpha value is -2.69. The van der Waals surface area contributed by atoms with Gasteiger partial charge in [-0.1, -0.05) is 26.0 Å². The first-order valence-electron chi connectivity index (χ1n) is 7.50. The van der Waals surface area contributed by atoms with E-state index in [-0.39, 0.29) is 12.3 Å². The van der Waals surface area contributed by atoms with E-state index >= 15 is 0 Å². The summed E-state index contributed by atoms with van der Waals surface area (Å²) < 4.78 is 5.66. The average molecular weight is 312 g/mol. The van der Waals surface area contributed by atoms with Crippen molar-refractivity contribution in [2.75, 3.05) is 5.32 Å². The minimum atomic E-state index is -0.594. The number of pyridine rings is 1. The zero-order chi connectivity index (χ0) is 16.7.